The third kappa shape index (κ3) is 8.32. The third-order valence-corrected chi connectivity index (χ3v) is 13.0. The molecule has 0 amide bonds. The molecule has 0 unspecified atom stereocenters. The molecule has 49 heavy (non-hydrogen) atoms. The monoisotopic (exact) mass is 883 g/mol. The fourth-order valence-corrected chi connectivity index (χ4v) is 7.98. The van der Waals surface area contributed by atoms with Crippen molar-refractivity contribution in [3.05, 3.63) is 139 Å². The summed E-state index contributed by atoms with van der Waals surface area (Å²) >= 11 is -1.72. The Balaban J connectivity index is 0.000000233. The molecule has 3 aromatic heterocycles. The van der Waals surface area contributed by atoms with Gasteiger partial charge in [-0.2, -0.15) is 0 Å². The molecule has 0 spiro atoms. The van der Waals surface area contributed by atoms with Gasteiger partial charge in [0.2, 0.25) is 0 Å². The van der Waals surface area contributed by atoms with Gasteiger partial charge in [0, 0.05) is 26.3 Å². The molecule has 251 valence electrons. The van der Waals surface area contributed by atoms with Crippen molar-refractivity contribution in [1.82, 2.24) is 9.97 Å². The molecule has 4 aromatic carbocycles. The first kappa shape index (κ1) is 36.5. The molecule has 0 bridgehead atoms. The molecule has 5 heteroatoms. The zero-order valence-electron chi connectivity index (χ0n) is 29.7. The first-order valence-electron chi connectivity index (χ1n) is 16.8. The number of hydrogen-bond acceptors (Lipinski definition) is 3. The summed E-state index contributed by atoms with van der Waals surface area (Å²) in [6.45, 7) is 11.1. The molecule has 3 heterocycles. The van der Waals surface area contributed by atoms with Gasteiger partial charge in [-0.25, -0.2) is 0 Å². The summed E-state index contributed by atoms with van der Waals surface area (Å²) in [6.07, 6.45) is 3.92. The quantitative estimate of drug-likeness (QED) is 0.128. The van der Waals surface area contributed by atoms with Crippen molar-refractivity contribution in [1.29, 1.82) is 0 Å². The Hall–Kier alpha value is -3.83. The van der Waals surface area contributed by atoms with Crippen LogP contribution in [0.1, 0.15) is 51.7 Å². The van der Waals surface area contributed by atoms with E-state index in [-0.39, 0.29) is 25.5 Å². The van der Waals surface area contributed by atoms with Crippen molar-refractivity contribution in [2.75, 3.05) is 0 Å². The van der Waals surface area contributed by atoms with Crippen LogP contribution in [0.5, 0.6) is 0 Å². The van der Waals surface area contributed by atoms with Crippen molar-refractivity contribution < 1.29 is 24.5 Å². The fraction of sp³-hybridized carbons (Fsp3) is 0.227. The van der Waals surface area contributed by atoms with E-state index in [1.54, 1.807) is 0 Å². The van der Waals surface area contributed by atoms with E-state index in [0.717, 1.165) is 44.5 Å². The Morgan fingerprint density at radius 3 is 2.10 bits per heavy atom. The van der Waals surface area contributed by atoms with Crippen molar-refractivity contribution >= 4 is 39.6 Å². The van der Waals surface area contributed by atoms with Crippen LogP contribution in [-0.2, 0) is 25.5 Å². The maximum absolute atomic E-state index is 6.45. The minimum absolute atomic E-state index is 0. The van der Waals surface area contributed by atoms with Crippen LogP contribution in [-0.4, -0.2) is 23.2 Å². The average Bonchev–Trinajstić information content (AvgIpc) is 3.46. The maximum Gasteiger partial charge on any atom is 0 e. The Morgan fingerprint density at radius 1 is 0.714 bits per heavy atom. The van der Waals surface area contributed by atoms with Crippen molar-refractivity contribution in [2.24, 2.45) is 0 Å². The van der Waals surface area contributed by atoms with Crippen molar-refractivity contribution in [3.8, 4) is 33.6 Å². The first-order valence-corrected chi connectivity index (χ1v) is 24.1. The predicted molar refractivity (Wildman–Crippen MR) is 206 cm³/mol. The standard InChI is InChI=1S/C30H28NO.C14H16GeN.Ir/c1-19(2)25-15-22(20-9-7-6-8-10-20)16-26-24-12-11-21(17-28(24)32-29(25)26)27-18-23(13-14-31-27)30(3,4)5;1-15(2,3)13-9-10-14(16-11-13)12-7-5-4-6-8-12;/h6-10,12-19H,1-5H3;4-7,9-11H,1-3H3;/q2*-1;. The zero-order valence-corrected chi connectivity index (χ0v) is 34.2. The molecule has 0 aliphatic carbocycles. The average molecular weight is 882 g/mol. The number of nitrogens with zero attached hydrogens (tertiary/aromatic N) is 2. The molecule has 0 saturated carbocycles. The molecule has 0 fully saturated rings. The van der Waals surface area contributed by atoms with Gasteiger partial charge < -0.3 is 9.40 Å². The van der Waals surface area contributed by atoms with Crippen LogP contribution in [0.4, 0.5) is 0 Å². The molecular weight excluding hydrogens is 837 g/mol. The maximum atomic E-state index is 6.45. The summed E-state index contributed by atoms with van der Waals surface area (Å²) in [5, 5.41) is 2.24. The molecular formula is C44H44GeIrN2O-2. The second kappa shape index (κ2) is 15.0. The van der Waals surface area contributed by atoms with E-state index in [4.69, 9.17) is 4.42 Å². The van der Waals surface area contributed by atoms with Gasteiger partial charge >= 0.3 is 99.8 Å². The molecule has 1 radical (unpaired) electrons. The fourth-order valence-electron chi connectivity index (χ4n) is 5.81. The van der Waals surface area contributed by atoms with E-state index >= 15 is 0 Å². The SMILES string of the molecule is CC(C)c1cc(-c2ccccc2)cc2c1oc1cc(-c3cc(C(C)(C)C)ccn3)[c-]cc12.[CH3][Ge]([CH3])([CH3])[c]1ccc(-c2[c-]cccc2)nc1.[Ir]. The van der Waals surface area contributed by atoms with Crippen LogP contribution in [0.3, 0.4) is 0 Å². The number of benzene rings is 4. The number of pyridine rings is 2. The second-order valence-corrected chi connectivity index (χ2v) is 25.5. The minimum Gasteiger partial charge on any atom is 0 e. The second-order valence-electron chi connectivity index (χ2n) is 14.8. The van der Waals surface area contributed by atoms with E-state index in [0.29, 0.717) is 5.92 Å². The normalized spacial score (nSPS) is 11.7. The molecule has 7 aromatic rings. The summed E-state index contributed by atoms with van der Waals surface area (Å²) in [7, 11) is 0. The number of rotatable bonds is 5. The first-order chi connectivity index (χ1) is 22.9. The molecule has 0 N–H and O–H groups in total. The minimum atomic E-state index is -1.72. The number of fused-ring (bicyclic) bond motifs is 3. The van der Waals surface area contributed by atoms with Gasteiger partial charge in [-0.05, 0) is 56.8 Å². The van der Waals surface area contributed by atoms with Crippen LogP contribution < -0.4 is 4.40 Å². The van der Waals surface area contributed by atoms with Crippen LogP contribution >= 0.6 is 0 Å². The molecule has 3 nitrogen and oxygen atoms in total. The van der Waals surface area contributed by atoms with Crippen LogP contribution in [0.2, 0.25) is 17.3 Å². The largest absolute Gasteiger partial charge is 0 e. The molecule has 0 atom stereocenters. The summed E-state index contributed by atoms with van der Waals surface area (Å²) in [6, 6.07) is 42.4. The Morgan fingerprint density at radius 2 is 1.47 bits per heavy atom. The van der Waals surface area contributed by atoms with Crippen LogP contribution in [0, 0.1) is 12.1 Å². The van der Waals surface area contributed by atoms with Crippen LogP contribution in [0.15, 0.2) is 120 Å². The third-order valence-electron chi connectivity index (χ3n) is 8.78. The van der Waals surface area contributed by atoms with E-state index in [2.05, 4.69) is 153 Å². The Kier molecular flexibility index (Phi) is 11.1. The molecule has 7 rings (SSSR count). The van der Waals surface area contributed by atoms with Gasteiger partial charge in [-0.1, -0.05) is 88.5 Å². The topological polar surface area (TPSA) is 38.9 Å². The van der Waals surface area contributed by atoms with Gasteiger partial charge in [0.1, 0.15) is 5.58 Å². The number of aromatic nitrogens is 2. The predicted octanol–water partition coefficient (Wildman–Crippen LogP) is 11.6. The summed E-state index contributed by atoms with van der Waals surface area (Å²) in [4.78, 5) is 9.14. The van der Waals surface area contributed by atoms with Gasteiger partial charge in [0.05, 0.1) is 5.58 Å². The smallest absolute Gasteiger partial charge is 0 e. The summed E-state index contributed by atoms with van der Waals surface area (Å²) in [5.74, 6) is 7.50. The van der Waals surface area contributed by atoms with E-state index in [1.807, 2.05) is 36.7 Å². The molecule has 0 aliphatic rings. The van der Waals surface area contributed by atoms with E-state index in [9.17, 15) is 0 Å². The summed E-state index contributed by atoms with van der Waals surface area (Å²) in [5.41, 5.74) is 10.8. The van der Waals surface area contributed by atoms with E-state index in [1.165, 1.54) is 26.6 Å². The molecule has 0 saturated heterocycles. The number of furan rings is 1. The van der Waals surface area contributed by atoms with Crippen molar-refractivity contribution in [3.63, 3.8) is 0 Å². The van der Waals surface area contributed by atoms with Crippen LogP contribution in [0.25, 0.3) is 55.6 Å². The Labute approximate surface area is 307 Å². The van der Waals surface area contributed by atoms with Crippen molar-refractivity contribution in [2.45, 2.75) is 63.2 Å². The van der Waals surface area contributed by atoms with Gasteiger partial charge in [0.15, 0.2) is 0 Å². The zero-order chi connectivity index (χ0) is 34.1. The van der Waals surface area contributed by atoms with Gasteiger partial charge in [-0.3, -0.25) is 0 Å². The van der Waals surface area contributed by atoms with E-state index < -0.39 is 13.3 Å². The molecule has 0 aliphatic heterocycles. The summed E-state index contributed by atoms with van der Waals surface area (Å²) < 4.78 is 7.89. The Bertz CT molecular complexity index is 2160. The van der Waals surface area contributed by atoms with Gasteiger partial charge in [-0.15, -0.1) is 17.7 Å². The number of hydrogen-bond donors (Lipinski definition) is 0. The van der Waals surface area contributed by atoms with Gasteiger partial charge in [0.25, 0.3) is 0 Å².